The van der Waals surface area contributed by atoms with Crippen molar-refractivity contribution in [3.05, 3.63) is 33.4 Å². The molecule has 0 saturated heterocycles. The van der Waals surface area contributed by atoms with E-state index in [1.54, 1.807) is 6.92 Å². The highest BCUT2D eigenvalue weighted by Crippen LogP contribution is 2.10. The zero-order valence-corrected chi connectivity index (χ0v) is 11.4. The molecule has 16 heavy (non-hydrogen) atoms. The van der Waals surface area contributed by atoms with E-state index in [2.05, 4.69) is 27.9 Å². The van der Waals surface area contributed by atoms with Crippen LogP contribution in [0, 0.1) is 3.57 Å². The van der Waals surface area contributed by atoms with E-state index < -0.39 is 0 Å². The maximum Gasteiger partial charge on any atom is 0.252 e. The fourth-order valence-corrected chi connectivity index (χ4v) is 1.97. The number of aliphatic hydroxyl groups excluding tert-OH is 1. The Labute approximate surface area is 109 Å². The molecule has 0 aliphatic heterocycles. The van der Waals surface area contributed by atoms with Gasteiger partial charge in [-0.2, -0.15) is 0 Å². The Morgan fingerprint density at radius 3 is 2.81 bits per heavy atom. The molecule has 1 aromatic rings. The molecule has 0 fully saturated rings. The minimum atomic E-state index is -0.297. The van der Waals surface area contributed by atoms with Crippen molar-refractivity contribution < 1.29 is 9.90 Å². The summed E-state index contributed by atoms with van der Waals surface area (Å²) in [5.41, 5.74) is 0.708. The number of aliphatic hydroxyl groups is 1. The molecule has 0 aliphatic rings. The first-order valence-electron chi connectivity index (χ1n) is 5.32. The minimum Gasteiger partial charge on any atom is -0.393 e. The summed E-state index contributed by atoms with van der Waals surface area (Å²) in [5, 5.41) is 11.9. The van der Waals surface area contributed by atoms with Crippen LogP contribution in [-0.2, 0) is 0 Å². The molecule has 3 nitrogen and oxygen atoms in total. The quantitative estimate of drug-likeness (QED) is 0.641. The standard InChI is InChI=1S/C12H16INO2/c1-9(15)5-4-8-14-12(16)10-6-2-3-7-11(10)13/h2-3,6-7,9,15H,4-5,8H2,1H3,(H,14,16). The van der Waals surface area contributed by atoms with Crippen LogP contribution in [0.15, 0.2) is 24.3 Å². The summed E-state index contributed by atoms with van der Waals surface area (Å²) in [4.78, 5) is 11.7. The van der Waals surface area contributed by atoms with E-state index in [1.807, 2.05) is 24.3 Å². The summed E-state index contributed by atoms with van der Waals surface area (Å²) >= 11 is 2.15. The fraction of sp³-hybridized carbons (Fsp3) is 0.417. The number of carbonyl (C=O) groups excluding carboxylic acids is 1. The lowest BCUT2D eigenvalue weighted by Crippen LogP contribution is -2.25. The van der Waals surface area contributed by atoms with Gasteiger partial charge < -0.3 is 10.4 Å². The Morgan fingerprint density at radius 1 is 1.50 bits per heavy atom. The van der Waals surface area contributed by atoms with Crippen molar-refractivity contribution in [2.75, 3.05) is 6.54 Å². The second-order valence-corrected chi connectivity index (χ2v) is 4.89. The third kappa shape index (κ3) is 4.49. The average Bonchev–Trinajstić information content (AvgIpc) is 2.24. The molecule has 0 aliphatic carbocycles. The molecular weight excluding hydrogens is 317 g/mol. The maximum atomic E-state index is 11.7. The van der Waals surface area contributed by atoms with Gasteiger partial charge in [0.1, 0.15) is 0 Å². The van der Waals surface area contributed by atoms with E-state index in [4.69, 9.17) is 5.11 Å². The summed E-state index contributed by atoms with van der Waals surface area (Å²) in [7, 11) is 0. The van der Waals surface area contributed by atoms with Crippen molar-refractivity contribution in [1.29, 1.82) is 0 Å². The van der Waals surface area contributed by atoms with Crippen molar-refractivity contribution in [3.63, 3.8) is 0 Å². The van der Waals surface area contributed by atoms with Gasteiger partial charge in [0.25, 0.3) is 5.91 Å². The fourth-order valence-electron chi connectivity index (χ4n) is 1.34. The topological polar surface area (TPSA) is 49.3 Å². The molecule has 1 atom stereocenters. The number of hydrogen-bond acceptors (Lipinski definition) is 2. The second kappa shape index (κ2) is 6.85. The van der Waals surface area contributed by atoms with E-state index in [0.29, 0.717) is 18.5 Å². The lowest BCUT2D eigenvalue weighted by atomic mass is 10.2. The van der Waals surface area contributed by atoms with Crippen molar-refractivity contribution in [2.45, 2.75) is 25.9 Å². The number of nitrogens with one attached hydrogen (secondary N) is 1. The molecule has 0 radical (unpaired) electrons. The van der Waals surface area contributed by atoms with Gasteiger partial charge in [0.2, 0.25) is 0 Å². The highest BCUT2D eigenvalue weighted by Gasteiger charge is 2.07. The lowest BCUT2D eigenvalue weighted by molar-refractivity contribution is 0.0949. The number of amides is 1. The molecule has 1 amide bonds. The first-order valence-corrected chi connectivity index (χ1v) is 6.40. The number of halogens is 1. The third-order valence-corrected chi connectivity index (χ3v) is 3.14. The number of benzene rings is 1. The molecule has 4 heteroatoms. The molecule has 1 rings (SSSR count). The van der Waals surface area contributed by atoms with Crippen LogP contribution in [0.5, 0.6) is 0 Å². The average molecular weight is 333 g/mol. The molecule has 0 saturated carbocycles. The molecule has 0 spiro atoms. The molecule has 2 N–H and O–H groups in total. The Kier molecular flexibility index (Phi) is 5.76. The monoisotopic (exact) mass is 333 g/mol. The largest absolute Gasteiger partial charge is 0.393 e. The highest BCUT2D eigenvalue weighted by molar-refractivity contribution is 14.1. The van der Waals surface area contributed by atoms with Crippen LogP contribution in [0.4, 0.5) is 0 Å². The molecule has 1 aromatic carbocycles. The van der Waals surface area contributed by atoms with Crippen LogP contribution >= 0.6 is 22.6 Å². The number of hydrogen-bond donors (Lipinski definition) is 2. The summed E-state index contributed by atoms with van der Waals surface area (Å²) in [6.07, 6.45) is 1.22. The number of carbonyl (C=O) groups is 1. The Hall–Kier alpha value is -0.620. The summed E-state index contributed by atoms with van der Waals surface area (Å²) in [6.45, 7) is 2.36. The molecule has 0 heterocycles. The van der Waals surface area contributed by atoms with Crippen molar-refractivity contribution >= 4 is 28.5 Å². The third-order valence-electron chi connectivity index (χ3n) is 2.20. The minimum absolute atomic E-state index is 0.0457. The van der Waals surface area contributed by atoms with Crippen LogP contribution < -0.4 is 5.32 Å². The highest BCUT2D eigenvalue weighted by atomic mass is 127. The van der Waals surface area contributed by atoms with Gasteiger partial charge in [0, 0.05) is 10.1 Å². The smallest absolute Gasteiger partial charge is 0.252 e. The molecule has 1 unspecified atom stereocenters. The Balaban J connectivity index is 2.39. The zero-order valence-electron chi connectivity index (χ0n) is 9.24. The normalized spacial score (nSPS) is 12.2. The van der Waals surface area contributed by atoms with Gasteiger partial charge in [0.05, 0.1) is 11.7 Å². The maximum absolute atomic E-state index is 11.7. The van der Waals surface area contributed by atoms with Crippen LogP contribution in [-0.4, -0.2) is 23.7 Å². The van der Waals surface area contributed by atoms with Crippen molar-refractivity contribution in [3.8, 4) is 0 Å². The molecule has 88 valence electrons. The van der Waals surface area contributed by atoms with Gasteiger partial charge in [-0.25, -0.2) is 0 Å². The first kappa shape index (κ1) is 13.4. The van der Waals surface area contributed by atoms with Gasteiger partial charge >= 0.3 is 0 Å². The Bertz CT molecular complexity index is 353. The van der Waals surface area contributed by atoms with E-state index >= 15 is 0 Å². The Morgan fingerprint density at radius 2 is 2.19 bits per heavy atom. The SMILES string of the molecule is CC(O)CCCNC(=O)c1ccccc1I. The van der Waals surface area contributed by atoms with Crippen LogP contribution in [0.3, 0.4) is 0 Å². The van der Waals surface area contributed by atoms with Crippen molar-refractivity contribution in [1.82, 2.24) is 5.32 Å². The molecule has 0 bridgehead atoms. The summed E-state index contributed by atoms with van der Waals surface area (Å²) < 4.78 is 0.952. The van der Waals surface area contributed by atoms with Crippen LogP contribution in [0.25, 0.3) is 0 Å². The molecule has 0 aromatic heterocycles. The zero-order chi connectivity index (χ0) is 12.0. The van der Waals surface area contributed by atoms with Crippen LogP contribution in [0.1, 0.15) is 30.1 Å². The summed E-state index contributed by atoms with van der Waals surface area (Å²) in [5.74, 6) is -0.0457. The van der Waals surface area contributed by atoms with Gasteiger partial charge in [-0.3, -0.25) is 4.79 Å². The predicted molar refractivity (Wildman–Crippen MR) is 72.4 cm³/mol. The van der Waals surface area contributed by atoms with Gasteiger partial charge in [0.15, 0.2) is 0 Å². The van der Waals surface area contributed by atoms with Gasteiger partial charge in [-0.1, -0.05) is 12.1 Å². The van der Waals surface area contributed by atoms with Gasteiger partial charge in [-0.15, -0.1) is 0 Å². The van der Waals surface area contributed by atoms with Crippen molar-refractivity contribution in [2.24, 2.45) is 0 Å². The summed E-state index contributed by atoms with van der Waals surface area (Å²) in [6, 6.07) is 7.48. The second-order valence-electron chi connectivity index (χ2n) is 3.73. The number of rotatable bonds is 5. The predicted octanol–water partition coefficient (Wildman–Crippen LogP) is 2.18. The first-order chi connectivity index (χ1) is 7.61. The van der Waals surface area contributed by atoms with E-state index in [0.717, 1.165) is 9.99 Å². The van der Waals surface area contributed by atoms with E-state index in [-0.39, 0.29) is 12.0 Å². The lowest BCUT2D eigenvalue weighted by Gasteiger charge is -2.07. The molecular formula is C12H16INO2. The van der Waals surface area contributed by atoms with Gasteiger partial charge in [-0.05, 0) is 54.5 Å². The van der Waals surface area contributed by atoms with Crippen LogP contribution in [0.2, 0.25) is 0 Å². The van der Waals surface area contributed by atoms with E-state index in [1.165, 1.54) is 0 Å². The van der Waals surface area contributed by atoms with E-state index in [9.17, 15) is 4.79 Å².